The van der Waals surface area contributed by atoms with Crippen LogP contribution in [0, 0.1) is 5.92 Å². The summed E-state index contributed by atoms with van der Waals surface area (Å²) in [5.41, 5.74) is 2.62. The molecule has 5 heteroatoms. The molecule has 5 nitrogen and oxygen atoms in total. The molecule has 1 aliphatic carbocycles. The lowest BCUT2D eigenvalue weighted by molar-refractivity contribution is -0.132. The van der Waals surface area contributed by atoms with Gasteiger partial charge in [0, 0.05) is 44.8 Å². The summed E-state index contributed by atoms with van der Waals surface area (Å²) in [6, 6.07) is 9.89. The number of amides is 1. The minimum Gasteiger partial charge on any atom is -0.497 e. The molecule has 0 spiro atoms. The van der Waals surface area contributed by atoms with Gasteiger partial charge in [-0.3, -0.25) is 14.6 Å². The molecule has 3 saturated heterocycles. The quantitative estimate of drug-likeness (QED) is 0.522. The van der Waals surface area contributed by atoms with E-state index >= 15 is 0 Å². The zero-order valence-electron chi connectivity index (χ0n) is 21.3. The van der Waals surface area contributed by atoms with Crippen LogP contribution in [-0.4, -0.2) is 72.5 Å². The third-order valence-electron chi connectivity index (χ3n) is 8.44. The van der Waals surface area contributed by atoms with Gasteiger partial charge >= 0.3 is 0 Å². The number of piperidine rings is 1. The second-order valence-corrected chi connectivity index (χ2v) is 10.6. The molecule has 188 valence electrons. The van der Waals surface area contributed by atoms with Crippen molar-refractivity contribution in [2.24, 2.45) is 5.92 Å². The van der Waals surface area contributed by atoms with Gasteiger partial charge in [-0.15, -0.1) is 6.58 Å². The van der Waals surface area contributed by atoms with Gasteiger partial charge in [0.2, 0.25) is 5.91 Å². The maximum Gasteiger partial charge on any atom is 0.229 e. The second kappa shape index (κ2) is 11.1. The molecule has 1 amide bonds. The summed E-state index contributed by atoms with van der Waals surface area (Å²) >= 11 is 0. The van der Waals surface area contributed by atoms with Crippen LogP contribution in [0.1, 0.15) is 56.6 Å². The van der Waals surface area contributed by atoms with Crippen LogP contribution in [0.4, 0.5) is 0 Å². The third kappa shape index (κ3) is 5.26. The average Bonchev–Trinajstić information content (AvgIpc) is 3.41. The molecule has 4 unspecified atom stereocenters. The monoisotopic (exact) mass is 475 g/mol. The van der Waals surface area contributed by atoms with Crippen LogP contribution >= 0.6 is 0 Å². The molecule has 2 bridgehead atoms. The van der Waals surface area contributed by atoms with Crippen LogP contribution in [0.5, 0.6) is 5.75 Å². The summed E-state index contributed by atoms with van der Waals surface area (Å²) in [4.78, 5) is 20.5. The first kappa shape index (κ1) is 24.3. The highest BCUT2D eigenvalue weighted by atomic mass is 16.5. The topological polar surface area (TPSA) is 36.0 Å². The predicted octanol–water partition coefficient (Wildman–Crippen LogP) is 4.98. The molecule has 0 N–H and O–H groups in total. The fraction of sp³-hybridized carbons (Fsp3) is 0.567. The van der Waals surface area contributed by atoms with Crippen LogP contribution in [0.25, 0.3) is 0 Å². The van der Waals surface area contributed by atoms with Crippen molar-refractivity contribution in [3.63, 3.8) is 0 Å². The molecule has 1 aromatic carbocycles. The third-order valence-corrected chi connectivity index (χ3v) is 8.44. The molecular weight excluding hydrogens is 434 g/mol. The highest BCUT2D eigenvalue weighted by molar-refractivity contribution is 5.81. The van der Waals surface area contributed by atoms with Gasteiger partial charge in [0.15, 0.2) is 0 Å². The van der Waals surface area contributed by atoms with Gasteiger partial charge in [0.25, 0.3) is 0 Å². The lowest BCUT2D eigenvalue weighted by Gasteiger charge is -2.46. The first-order valence-corrected chi connectivity index (χ1v) is 13.6. The Morgan fingerprint density at radius 1 is 1.14 bits per heavy atom. The van der Waals surface area contributed by atoms with E-state index in [1.165, 1.54) is 36.8 Å². The summed E-state index contributed by atoms with van der Waals surface area (Å²) in [5, 5.41) is 0. The van der Waals surface area contributed by atoms with Crippen molar-refractivity contribution in [2.75, 3.05) is 39.8 Å². The maximum absolute atomic E-state index is 13.0. The summed E-state index contributed by atoms with van der Waals surface area (Å²) in [7, 11) is 1.75. The SMILES string of the molecule is C=CCN1CCC2CCCC(C1)N2C(C1=CCC(C(=O)N2CCCC2)C=C1)c1cccc(OC)c1. The Hall–Kier alpha value is -2.37. The number of benzene rings is 1. The van der Waals surface area contributed by atoms with Crippen molar-refractivity contribution in [3.8, 4) is 5.75 Å². The van der Waals surface area contributed by atoms with Crippen molar-refractivity contribution in [3.05, 3.63) is 66.3 Å². The smallest absolute Gasteiger partial charge is 0.229 e. The molecule has 5 rings (SSSR count). The Kier molecular flexibility index (Phi) is 7.74. The van der Waals surface area contributed by atoms with E-state index in [9.17, 15) is 4.79 Å². The fourth-order valence-electron chi connectivity index (χ4n) is 6.70. The molecule has 0 saturated carbocycles. The number of fused-ring (bicyclic) bond motifs is 2. The Morgan fingerprint density at radius 3 is 2.71 bits per heavy atom. The number of allylic oxidation sites excluding steroid dienone is 1. The van der Waals surface area contributed by atoms with Crippen molar-refractivity contribution < 1.29 is 9.53 Å². The number of ether oxygens (including phenoxy) is 1. The van der Waals surface area contributed by atoms with Gasteiger partial charge < -0.3 is 9.64 Å². The normalized spacial score (nSPS) is 28.3. The van der Waals surface area contributed by atoms with Crippen LogP contribution < -0.4 is 4.74 Å². The first-order chi connectivity index (χ1) is 17.2. The Balaban J connectivity index is 1.45. The summed E-state index contributed by atoms with van der Waals surface area (Å²) in [6.45, 7) is 9.03. The number of methoxy groups -OCH3 is 1. The number of likely N-dealkylation sites (tertiary alicyclic amines) is 1. The number of rotatable bonds is 7. The first-order valence-electron chi connectivity index (χ1n) is 13.6. The molecule has 0 aromatic heterocycles. The van der Waals surface area contributed by atoms with Gasteiger partial charge in [-0.1, -0.05) is 42.9 Å². The second-order valence-electron chi connectivity index (χ2n) is 10.6. The molecule has 0 radical (unpaired) electrons. The molecule has 3 fully saturated rings. The van der Waals surface area contributed by atoms with Gasteiger partial charge in [-0.05, 0) is 61.8 Å². The lowest BCUT2D eigenvalue weighted by atomic mass is 9.84. The predicted molar refractivity (Wildman–Crippen MR) is 141 cm³/mol. The fourth-order valence-corrected chi connectivity index (χ4v) is 6.70. The Labute approximate surface area is 211 Å². The maximum atomic E-state index is 13.0. The van der Waals surface area contributed by atoms with E-state index in [2.05, 4.69) is 57.7 Å². The highest BCUT2D eigenvalue weighted by Gasteiger charge is 2.40. The number of carbonyl (C=O) groups is 1. The van der Waals surface area contributed by atoms with Gasteiger partial charge in [0.05, 0.1) is 19.1 Å². The minimum absolute atomic E-state index is 0.0190. The Morgan fingerprint density at radius 2 is 1.97 bits per heavy atom. The van der Waals surface area contributed by atoms with Crippen LogP contribution in [-0.2, 0) is 4.79 Å². The van der Waals surface area contributed by atoms with E-state index in [4.69, 9.17) is 4.74 Å². The zero-order valence-corrected chi connectivity index (χ0v) is 21.3. The zero-order chi connectivity index (χ0) is 24.2. The van der Waals surface area contributed by atoms with Crippen LogP contribution in [0.3, 0.4) is 0 Å². The van der Waals surface area contributed by atoms with Crippen molar-refractivity contribution >= 4 is 5.91 Å². The standard InChI is InChI=1S/C30H41N3O2/c1-3-17-31-20-16-26-9-7-10-27(22-31)33(26)29(25-8-6-11-28(21-25)35-2)23-12-14-24(15-13-23)30(34)32-18-4-5-19-32/h3,6,8,11-14,21,24,26-27,29H,1,4-5,7,9-10,15-20,22H2,2H3. The van der Waals surface area contributed by atoms with Crippen LogP contribution in [0.2, 0.25) is 0 Å². The van der Waals surface area contributed by atoms with Gasteiger partial charge in [-0.2, -0.15) is 0 Å². The molecule has 4 atom stereocenters. The number of nitrogens with zero attached hydrogens (tertiary/aromatic N) is 3. The molecule has 35 heavy (non-hydrogen) atoms. The minimum atomic E-state index is -0.0190. The van der Waals surface area contributed by atoms with E-state index in [-0.39, 0.29) is 12.0 Å². The van der Waals surface area contributed by atoms with Gasteiger partial charge in [-0.25, -0.2) is 0 Å². The van der Waals surface area contributed by atoms with Crippen LogP contribution in [0.15, 0.2) is 60.7 Å². The average molecular weight is 476 g/mol. The molecular formula is C30H41N3O2. The summed E-state index contributed by atoms with van der Waals surface area (Å²) in [5.74, 6) is 1.19. The molecule has 1 aromatic rings. The van der Waals surface area contributed by atoms with E-state index in [0.717, 1.165) is 57.7 Å². The number of hydrogen-bond acceptors (Lipinski definition) is 4. The van der Waals surface area contributed by atoms with Crippen molar-refractivity contribution in [1.29, 1.82) is 0 Å². The van der Waals surface area contributed by atoms with E-state index < -0.39 is 0 Å². The van der Waals surface area contributed by atoms with E-state index in [1.54, 1.807) is 7.11 Å². The van der Waals surface area contributed by atoms with Crippen molar-refractivity contribution in [1.82, 2.24) is 14.7 Å². The molecule has 3 heterocycles. The summed E-state index contributed by atoms with van der Waals surface area (Å²) < 4.78 is 5.63. The number of carbonyl (C=O) groups excluding carboxylic acids is 1. The summed E-state index contributed by atoms with van der Waals surface area (Å²) in [6.07, 6.45) is 16.9. The van der Waals surface area contributed by atoms with Crippen molar-refractivity contribution in [2.45, 2.75) is 63.1 Å². The largest absolute Gasteiger partial charge is 0.497 e. The lowest BCUT2D eigenvalue weighted by Crippen LogP contribution is -2.50. The highest BCUT2D eigenvalue weighted by Crippen LogP contribution is 2.42. The van der Waals surface area contributed by atoms with E-state index in [0.29, 0.717) is 18.0 Å². The molecule has 4 aliphatic rings. The van der Waals surface area contributed by atoms with Gasteiger partial charge in [0.1, 0.15) is 5.75 Å². The Bertz CT molecular complexity index is 964. The number of hydrogen-bond donors (Lipinski definition) is 0. The van der Waals surface area contributed by atoms with E-state index in [1.807, 2.05) is 12.1 Å². The molecule has 3 aliphatic heterocycles.